The predicted octanol–water partition coefficient (Wildman–Crippen LogP) is 4.17. The number of hydrogen-bond donors (Lipinski definition) is 2. The Morgan fingerprint density at radius 1 is 1.04 bits per heavy atom. The van der Waals surface area contributed by atoms with Gasteiger partial charge in [-0.2, -0.15) is 0 Å². The number of amides is 2. The molecule has 24 heavy (non-hydrogen) atoms. The van der Waals surface area contributed by atoms with Crippen LogP contribution < -0.4 is 15.4 Å². The lowest BCUT2D eigenvalue weighted by atomic mass is 10.1. The quantitative estimate of drug-likeness (QED) is 0.837. The lowest BCUT2D eigenvalue weighted by molar-refractivity contribution is -0.116. The zero-order chi connectivity index (χ0) is 17.5. The average molecular weight is 326 g/mol. The standard InChI is InChI=1S/C19H22N2O3/c1-13-6-4-5-7-16(13)20-19(23)21-17-11-10-15(9-8-14(2)22)12-18(17)24-3/h4-7,10-12H,8-9H2,1-3H3,(H2,20,21,23). The van der Waals surface area contributed by atoms with Crippen LogP contribution in [0.25, 0.3) is 0 Å². The molecular weight excluding hydrogens is 304 g/mol. The second kappa shape index (κ2) is 8.15. The fraction of sp³-hybridized carbons (Fsp3) is 0.263. The van der Waals surface area contributed by atoms with Crippen molar-refractivity contribution in [3.8, 4) is 5.75 Å². The Kier molecular flexibility index (Phi) is 5.95. The highest BCUT2D eigenvalue weighted by Crippen LogP contribution is 2.26. The van der Waals surface area contributed by atoms with Crippen LogP contribution in [0.2, 0.25) is 0 Å². The van der Waals surface area contributed by atoms with Crippen molar-refractivity contribution in [1.29, 1.82) is 0 Å². The minimum Gasteiger partial charge on any atom is -0.495 e. The van der Waals surface area contributed by atoms with E-state index in [1.54, 1.807) is 20.1 Å². The van der Waals surface area contributed by atoms with Gasteiger partial charge in [-0.25, -0.2) is 4.79 Å². The summed E-state index contributed by atoms with van der Waals surface area (Å²) in [4.78, 5) is 23.3. The summed E-state index contributed by atoms with van der Waals surface area (Å²) in [6.07, 6.45) is 1.14. The molecule has 0 fully saturated rings. The van der Waals surface area contributed by atoms with E-state index in [9.17, 15) is 9.59 Å². The molecule has 0 aromatic heterocycles. The van der Waals surface area contributed by atoms with Crippen LogP contribution in [0.4, 0.5) is 16.2 Å². The van der Waals surface area contributed by atoms with Crippen LogP contribution in [-0.2, 0) is 11.2 Å². The molecule has 2 aromatic rings. The Bertz CT molecular complexity index is 741. The van der Waals surface area contributed by atoms with Crippen molar-refractivity contribution in [3.05, 3.63) is 53.6 Å². The van der Waals surface area contributed by atoms with E-state index >= 15 is 0 Å². The highest BCUT2D eigenvalue weighted by Gasteiger charge is 2.10. The van der Waals surface area contributed by atoms with E-state index in [4.69, 9.17) is 4.74 Å². The van der Waals surface area contributed by atoms with Crippen LogP contribution in [0.5, 0.6) is 5.75 Å². The van der Waals surface area contributed by atoms with Crippen molar-refractivity contribution < 1.29 is 14.3 Å². The Balaban J connectivity index is 2.07. The first-order valence-electron chi connectivity index (χ1n) is 7.79. The molecule has 2 rings (SSSR count). The molecule has 0 aliphatic heterocycles. The molecule has 0 saturated carbocycles. The molecule has 2 aromatic carbocycles. The first-order valence-corrected chi connectivity index (χ1v) is 7.79. The van der Waals surface area contributed by atoms with Crippen molar-refractivity contribution in [2.75, 3.05) is 17.7 Å². The summed E-state index contributed by atoms with van der Waals surface area (Å²) in [6, 6.07) is 12.7. The number of Topliss-reactive ketones (excluding diaryl/α,β-unsaturated/α-hetero) is 1. The third kappa shape index (κ3) is 4.84. The molecule has 0 spiro atoms. The number of aryl methyl sites for hydroxylation is 2. The lowest BCUT2D eigenvalue weighted by Crippen LogP contribution is -2.20. The van der Waals surface area contributed by atoms with E-state index in [2.05, 4.69) is 10.6 Å². The van der Waals surface area contributed by atoms with E-state index in [-0.39, 0.29) is 11.8 Å². The zero-order valence-electron chi connectivity index (χ0n) is 14.2. The number of carbonyl (C=O) groups excluding carboxylic acids is 2. The number of benzene rings is 2. The SMILES string of the molecule is COc1cc(CCC(C)=O)ccc1NC(=O)Nc1ccccc1C. The second-order valence-electron chi connectivity index (χ2n) is 5.63. The van der Waals surface area contributed by atoms with Gasteiger partial charge >= 0.3 is 6.03 Å². The number of urea groups is 1. The number of carbonyl (C=O) groups is 2. The normalized spacial score (nSPS) is 10.1. The minimum absolute atomic E-state index is 0.147. The molecule has 0 bridgehead atoms. The summed E-state index contributed by atoms with van der Waals surface area (Å²) >= 11 is 0. The minimum atomic E-state index is -0.334. The summed E-state index contributed by atoms with van der Waals surface area (Å²) < 4.78 is 5.34. The van der Waals surface area contributed by atoms with Crippen molar-refractivity contribution in [2.45, 2.75) is 26.7 Å². The van der Waals surface area contributed by atoms with Gasteiger partial charge in [-0.1, -0.05) is 24.3 Å². The fourth-order valence-corrected chi connectivity index (χ4v) is 2.30. The summed E-state index contributed by atoms with van der Waals surface area (Å²) in [7, 11) is 1.55. The Morgan fingerprint density at radius 2 is 1.75 bits per heavy atom. The van der Waals surface area contributed by atoms with Gasteiger partial charge in [0.1, 0.15) is 11.5 Å². The zero-order valence-corrected chi connectivity index (χ0v) is 14.2. The van der Waals surface area contributed by atoms with Gasteiger partial charge in [0.15, 0.2) is 0 Å². The van der Waals surface area contributed by atoms with Crippen molar-refractivity contribution in [2.24, 2.45) is 0 Å². The Labute approximate surface area is 142 Å². The molecule has 2 N–H and O–H groups in total. The van der Waals surface area contributed by atoms with E-state index in [0.29, 0.717) is 24.3 Å². The van der Waals surface area contributed by atoms with E-state index in [1.165, 1.54) is 0 Å². The van der Waals surface area contributed by atoms with Crippen molar-refractivity contribution in [3.63, 3.8) is 0 Å². The van der Waals surface area contributed by atoms with Crippen LogP contribution >= 0.6 is 0 Å². The molecule has 5 heteroatoms. The van der Waals surface area contributed by atoms with Crippen LogP contribution in [-0.4, -0.2) is 18.9 Å². The molecule has 0 unspecified atom stereocenters. The maximum atomic E-state index is 12.2. The van der Waals surface area contributed by atoms with Crippen LogP contribution in [0, 0.1) is 6.92 Å². The highest BCUT2D eigenvalue weighted by atomic mass is 16.5. The van der Waals surface area contributed by atoms with E-state index < -0.39 is 0 Å². The molecule has 0 aliphatic carbocycles. The lowest BCUT2D eigenvalue weighted by Gasteiger charge is -2.13. The predicted molar refractivity (Wildman–Crippen MR) is 95.8 cm³/mol. The van der Waals surface area contributed by atoms with Crippen molar-refractivity contribution >= 4 is 23.2 Å². The molecule has 0 heterocycles. The molecular formula is C19H22N2O3. The molecule has 0 atom stereocenters. The Hall–Kier alpha value is -2.82. The van der Waals surface area contributed by atoms with Gasteiger partial charge in [-0.3, -0.25) is 0 Å². The fourth-order valence-electron chi connectivity index (χ4n) is 2.30. The number of hydrogen-bond acceptors (Lipinski definition) is 3. The van der Waals surface area contributed by atoms with Crippen LogP contribution in [0.3, 0.4) is 0 Å². The molecule has 0 radical (unpaired) electrons. The number of methoxy groups -OCH3 is 1. The van der Waals surface area contributed by atoms with Crippen molar-refractivity contribution in [1.82, 2.24) is 0 Å². The third-order valence-corrected chi connectivity index (χ3v) is 3.67. The van der Waals surface area contributed by atoms with Gasteiger partial charge in [0, 0.05) is 12.1 Å². The first kappa shape index (κ1) is 17.5. The van der Waals surface area contributed by atoms with E-state index in [1.807, 2.05) is 43.3 Å². The number of ether oxygens (including phenoxy) is 1. The summed E-state index contributed by atoms with van der Waals surface area (Å²) in [5, 5.41) is 5.60. The van der Waals surface area contributed by atoms with Gasteiger partial charge in [0.05, 0.1) is 12.8 Å². The van der Waals surface area contributed by atoms with Gasteiger partial charge in [-0.15, -0.1) is 0 Å². The smallest absolute Gasteiger partial charge is 0.323 e. The van der Waals surface area contributed by atoms with Crippen LogP contribution in [0.1, 0.15) is 24.5 Å². The number of nitrogens with one attached hydrogen (secondary N) is 2. The topological polar surface area (TPSA) is 67.4 Å². The number of ketones is 1. The van der Waals surface area contributed by atoms with Gasteiger partial charge in [0.2, 0.25) is 0 Å². The van der Waals surface area contributed by atoms with Crippen LogP contribution in [0.15, 0.2) is 42.5 Å². The monoisotopic (exact) mass is 326 g/mol. The van der Waals surface area contributed by atoms with Gasteiger partial charge < -0.3 is 20.2 Å². The molecule has 2 amide bonds. The molecule has 0 saturated heterocycles. The second-order valence-corrected chi connectivity index (χ2v) is 5.63. The largest absolute Gasteiger partial charge is 0.495 e. The maximum absolute atomic E-state index is 12.2. The average Bonchev–Trinajstić information content (AvgIpc) is 2.56. The Morgan fingerprint density at radius 3 is 2.42 bits per heavy atom. The maximum Gasteiger partial charge on any atom is 0.323 e. The molecule has 5 nitrogen and oxygen atoms in total. The number of anilines is 2. The third-order valence-electron chi connectivity index (χ3n) is 3.67. The highest BCUT2D eigenvalue weighted by molar-refractivity contribution is 6.01. The van der Waals surface area contributed by atoms with Gasteiger partial charge in [0.25, 0.3) is 0 Å². The first-order chi connectivity index (χ1) is 11.5. The van der Waals surface area contributed by atoms with E-state index in [0.717, 1.165) is 16.8 Å². The summed E-state index contributed by atoms with van der Waals surface area (Å²) in [5.41, 5.74) is 3.31. The summed E-state index contributed by atoms with van der Waals surface area (Å²) in [6.45, 7) is 3.50. The number of para-hydroxylation sites is 1. The molecule has 126 valence electrons. The summed E-state index contributed by atoms with van der Waals surface area (Å²) in [5.74, 6) is 0.713. The number of rotatable bonds is 6. The van der Waals surface area contributed by atoms with Gasteiger partial charge in [-0.05, 0) is 49.6 Å². The molecule has 0 aliphatic rings.